The third-order valence-electron chi connectivity index (χ3n) is 5.09. The van der Waals surface area contributed by atoms with Gasteiger partial charge in [0.05, 0.1) is 0 Å². The molecular weight excluding hydrogens is 314 g/mol. The van der Waals surface area contributed by atoms with E-state index in [1.807, 2.05) is 0 Å². The van der Waals surface area contributed by atoms with Crippen LogP contribution in [-0.2, 0) is 12.8 Å². The van der Waals surface area contributed by atoms with Crippen LogP contribution in [0.25, 0.3) is 5.70 Å². The molecule has 2 heterocycles. The van der Waals surface area contributed by atoms with Crippen molar-refractivity contribution in [1.29, 1.82) is 0 Å². The molecule has 1 aromatic rings. The molecule has 0 saturated carbocycles. The monoisotopic (exact) mass is 339 g/mol. The summed E-state index contributed by atoms with van der Waals surface area (Å²) in [5.74, 6) is 0. The van der Waals surface area contributed by atoms with Crippen LogP contribution in [0, 0.1) is 0 Å². The summed E-state index contributed by atoms with van der Waals surface area (Å²) < 4.78 is 0. The first kappa shape index (κ1) is 17.1. The smallest absolute Gasteiger partial charge is 0.0491 e. The summed E-state index contributed by atoms with van der Waals surface area (Å²) in [6.45, 7) is 15.1. The molecule has 0 bridgehead atoms. The van der Waals surface area contributed by atoms with Crippen molar-refractivity contribution in [3.63, 3.8) is 0 Å². The van der Waals surface area contributed by atoms with Gasteiger partial charge in [-0.05, 0) is 60.1 Å². The Labute approximate surface area is 151 Å². The van der Waals surface area contributed by atoms with Crippen LogP contribution in [0.5, 0.6) is 0 Å². The normalized spacial score (nSPS) is 19.4. The molecule has 1 nitrogen and oxygen atoms in total. The molecule has 0 N–H and O–H groups in total. The van der Waals surface area contributed by atoms with Crippen molar-refractivity contribution in [3.8, 4) is 0 Å². The van der Waals surface area contributed by atoms with Crippen molar-refractivity contribution in [1.82, 2.24) is 4.90 Å². The predicted octanol–water partition coefficient (Wildman–Crippen LogP) is 6.30. The Morgan fingerprint density at radius 3 is 2.75 bits per heavy atom. The number of rotatable bonds is 4. The molecular formula is C22H26ClN. The van der Waals surface area contributed by atoms with Gasteiger partial charge in [-0.2, -0.15) is 0 Å². The summed E-state index contributed by atoms with van der Waals surface area (Å²) in [6, 6.07) is 4.76. The number of halogens is 1. The second kappa shape index (κ2) is 6.64. The number of allylic oxidation sites excluding steroid dienone is 4. The number of hydrogen-bond acceptors (Lipinski definition) is 1. The first-order valence-electron chi connectivity index (χ1n) is 8.87. The zero-order chi connectivity index (χ0) is 17.4. The van der Waals surface area contributed by atoms with E-state index in [1.54, 1.807) is 0 Å². The fourth-order valence-electron chi connectivity index (χ4n) is 3.72. The Morgan fingerprint density at radius 1 is 1.33 bits per heavy atom. The van der Waals surface area contributed by atoms with Crippen LogP contribution in [-0.4, -0.2) is 10.9 Å². The molecule has 126 valence electrons. The van der Waals surface area contributed by atoms with Gasteiger partial charge in [-0.25, -0.2) is 0 Å². The Balaban J connectivity index is 2.06. The lowest BCUT2D eigenvalue weighted by molar-refractivity contribution is 0.388. The maximum atomic E-state index is 6.68. The van der Waals surface area contributed by atoms with Gasteiger partial charge in [0.1, 0.15) is 0 Å². The lowest BCUT2D eigenvalue weighted by Gasteiger charge is -2.40. The molecule has 2 aliphatic rings. The highest BCUT2D eigenvalue weighted by atomic mass is 35.5. The zero-order valence-corrected chi connectivity index (χ0v) is 15.7. The molecule has 0 aromatic heterocycles. The molecule has 2 aliphatic heterocycles. The van der Waals surface area contributed by atoms with Gasteiger partial charge < -0.3 is 4.90 Å². The Hall–Kier alpha value is -1.73. The quantitative estimate of drug-likeness (QED) is 0.622. The summed E-state index contributed by atoms with van der Waals surface area (Å²) in [5.41, 5.74) is 8.39. The SMILES string of the molecule is C=C1C=C2c3ccc(CC)c(Cl)c3CC(C)N2C=C1C(=C)CCC. The van der Waals surface area contributed by atoms with E-state index in [1.165, 1.54) is 33.5 Å². The average molecular weight is 340 g/mol. The van der Waals surface area contributed by atoms with Gasteiger partial charge in [0.2, 0.25) is 0 Å². The summed E-state index contributed by atoms with van der Waals surface area (Å²) in [6.07, 6.45) is 8.50. The molecule has 0 radical (unpaired) electrons. The molecule has 0 amide bonds. The molecule has 3 rings (SSSR count). The summed E-state index contributed by atoms with van der Waals surface area (Å²) in [5, 5.41) is 0.943. The molecule has 2 heteroatoms. The first-order chi connectivity index (χ1) is 11.5. The van der Waals surface area contributed by atoms with Crippen LogP contribution in [0.4, 0.5) is 0 Å². The number of nitrogens with zero attached hydrogens (tertiary/aromatic N) is 1. The number of aryl methyl sites for hydroxylation is 1. The number of benzene rings is 1. The molecule has 0 fully saturated rings. The highest BCUT2D eigenvalue weighted by Gasteiger charge is 2.30. The Kier molecular flexibility index (Phi) is 4.73. The summed E-state index contributed by atoms with van der Waals surface area (Å²) in [4.78, 5) is 2.37. The average Bonchev–Trinajstić information content (AvgIpc) is 2.56. The van der Waals surface area contributed by atoms with Crippen LogP contribution in [0.15, 0.2) is 54.3 Å². The van der Waals surface area contributed by atoms with Crippen LogP contribution in [0.3, 0.4) is 0 Å². The molecule has 0 aliphatic carbocycles. The van der Waals surface area contributed by atoms with E-state index >= 15 is 0 Å². The van der Waals surface area contributed by atoms with E-state index in [9.17, 15) is 0 Å². The lowest BCUT2D eigenvalue weighted by atomic mass is 9.85. The van der Waals surface area contributed by atoms with Crippen molar-refractivity contribution in [3.05, 3.63) is 76.0 Å². The van der Waals surface area contributed by atoms with E-state index in [-0.39, 0.29) is 0 Å². The van der Waals surface area contributed by atoms with Gasteiger partial charge in [0.15, 0.2) is 0 Å². The third-order valence-corrected chi connectivity index (χ3v) is 5.56. The fraction of sp³-hybridized carbons (Fsp3) is 0.364. The van der Waals surface area contributed by atoms with Crippen molar-refractivity contribution in [2.75, 3.05) is 0 Å². The minimum atomic E-state index is 0.380. The first-order valence-corrected chi connectivity index (χ1v) is 9.25. The zero-order valence-electron chi connectivity index (χ0n) is 15.0. The van der Waals surface area contributed by atoms with Gasteiger partial charge in [0, 0.05) is 28.5 Å². The van der Waals surface area contributed by atoms with Gasteiger partial charge in [-0.15, -0.1) is 0 Å². The summed E-state index contributed by atoms with van der Waals surface area (Å²) >= 11 is 6.68. The maximum Gasteiger partial charge on any atom is 0.0491 e. The van der Waals surface area contributed by atoms with Crippen LogP contribution in [0.2, 0.25) is 5.02 Å². The number of hydrogen-bond donors (Lipinski definition) is 0. The number of fused-ring (bicyclic) bond motifs is 3. The van der Waals surface area contributed by atoms with Crippen molar-refractivity contribution in [2.24, 2.45) is 0 Å². The second-order valence-corrected chi connectivity index (χ2v) is 7.21. The molecule has 1 unspecified atom stereocenters. The van der Waals surface area contributed by atoms with Crippen molar-refractivity contribution in [2.45, 2.75) is 52.5 Å². The van der Waals surface area contributed by atoms with E-state index in [0.717, 1.165) is 36.3 Å². The highest BCUT2D eigenvalue weighted by Crippen LogP contribution is 2.42. The van der Waals surface area contributed by atoms with Gasteiger partial charge in [-0.3, -0.25) is 0 Å². The van der Waals surface area contributed by atoms with Gasteiger partial charge in [0.25, 0.3) is 0 Å². The van der Waals surface area contributed by atoms with Crippen LogP contribution < -0.4 is 0 Å². The van der Waals surface area contributed by atoms with E-state index in [4.69, 9.17) is 11.6 Å². The second-order valence-electron chi connectivity index (χ2n) is 6.83. The van der Waals surface area contributed by atoms with Crippen molar-refractivity contribution >= 4 is 17.3 Å². The minimum absolute atomic E-state index is 0.380. The fourth-order valence-corrected chi connectivity index (χ4v) is 4.10. The molecule has 1 atom stereocenters. The summed E-state index contributed by atoms with van der Waals surface area (Å²) in [7, 11) is 0. The Morgan fingerprint density at radius 2 is 2.08 bits per heavy atom. The van der Waals surface area contributed by atoms with Crippen LogP contribution in [0.1, 0.15) is 50.3 Å². The lowest BCUT2D eigenvalue weighted by Crippen LogP contribution is -2.35. The minimum Gasteiger partial charge on any atom is -0.344 e. The molecule has 0 saturated heterocycles. The topological polar surface area (TPSA) is 3.24 Å². The largest absolute Gasteiger partial charge is 0.344 e. The predicted molar refractivity (Wildman–Crippen MR) is 105 cm³/mol. The molecule has 1 aromatic carbocycles. The van der Waals surface area contributed by atoms with Crippen LogP contribution >= 0.6 is 11.6 Å². The third kappa shape index (κ3) is 2.75. The molecule has 24 heavy (non-hydrogen) atoms. The van der Waals surface area contributed by atoms with Gasteiger partial charge in [-0.1, -0.05) is 57.2 Å². The molecule has 0 spiro atoms. The van der Waals surface area contributed by atoms with E-state index < -0.39 is 0 Å². The van der Waals surface area contributed by atoms with E-state index in [2.05, 4.69) is 63.2 Å². The van der Waals surface area contributed by atoms with E-state index in [0.29, 0.717) is 6.04 Å². The Bertz CT molecular complexity index is 766. The van der Waals surface area contributed by atoms with Crippen molar-refractivity contribution < 1.29 is 0 Å². The highest BCUT2D eigenvalue weighted by molar-refractivity contribution is 6.32. The maximum absolute atomic E-state index is 6.68. The van der Waals surface area contributed by atoms with Gasteiger partial charge >= 0.3 is 0 Å². The standard InChI is InChI=1S/C22H26ClN/c1-6-8-14(3)20-13-24-16(5)12-19-18(21(24)11-15(20)4)10-9-17(7-2)22(19)23/h9-11,13,16H,3-4,6-8,12H2,1-2,5H3.